The van der Waals surface area contributed by atoms with Crippen LogP contribution in [-0.4, -0.2) is 39.0 Å². The van der Waals surface area contributed by atoms with Crippen LogP contribution in [0.15, 0.2) is 358 Å². The van der Waals surface area contributed by atoms with E-state index in [4.69, 9.17) is 29.9 Å². The summed E-state index contributed by atoms with van der Waals surface area (Å²) in [6.45, 7) is 23.4. The lowest BCUT2D eigenvalue weighted by Crippen LogP contribution is -2.06. The van der Waals surface area contributed by atoms with Crippen molar-refractivity contribution < 1.29 is 26.3 Å². The summed E-state index contributed by atoms with van der Waals surface area (Å²) < 4.78 is 93.1. The maximum Gasteiger partial charge on any atom is 0.416 e. The molecule has 0 bridgehead atoms. The van der Waals surface area contributed by atoms with Crippen LogP contribution in [-0.2, 0) is 12.4 Å². The summed E-state index contributed by atoms with van der Waals surface area (Å²) in [5.74, 6) is 2.71. The van der Waals surface area contributed by atoms with E-state index in [2.05, 4.69) is 224 Å². The molecular formula is C121H92F6N8. The Morgan fingerprint density at radius 3 is 0.719 bits per heavy atom. The molecule has 14 heteroatoms. The molecule has 0 saturated heterocycles. The Bertz CT molecular complexity index is 7960. The molecule has 0 unspecified atom stereocenters. The summed E-state index contributed by atoms with van der Waals surface area (Å²) in [7, 11) is 0. The van der Waals surface area contributed by atoms with Crippen LogP contribution in [0.3, 0.4) is 0 Å². The van der Waals surface area contributed by atoms with Crippen molar-refractivity contribution in [2.24, 2.45) is 0 Å². The van der Waals surface area contributed by atoms with E-state index < -0.39 is 23.5 Å². The van der Waals surface area contributed by atoms with E-state index >= 15 is 0 Å². The van der Waals surface area contributed by atoms with Gasteiger partial charge in [-0.05, 0) is 256 Å². The number of hydrogen-bond donors (Lipinski definition) is 0. The third-order valence-electron chi connectivity index (χ3n) is 25.6. The average Bonchev–Trinajstić information content (AvgIpc) is 1.57. The van der Waals surface area contributed by atoms with Gasteiger partial charge in [-0.1, -0.05) is 295 Å². The van der Waals surface area contributed by atoms with E-state index in [0.29, 0.717) is 68.3 Å². The number of hydrogen-bond acceptors (Lipinski definition) is 6. The summed E-state index contributed by atoms with van der Waals surface area (Å²) in [5.41, 5.74) is 33.3. The third-order valence-corrected chi connectivity index (χ3v) is 25.6. The zero-order chi connectivity index (χ0) is 93.4. The van der Waals surface area contributed by atoms with Crippen LogP contribution in [0.5, 0.6) is 0 Å². The minimum absolute atomic E-state index is 0.389. The molecule has 0 fully saturated rings. The predicted octanol–water partition coefficient (Wildman–Crippen LogP) is 33.0. The summed E-state index contributed by atoms with van der Waals surface area (Å²) in [6.07, 6.45) is -9.15. The van der Waals surface area contributed by atoms with Crippen molar-refractivity contribution in [3.05, 3.63) is 430 Å². The predicted molar refractivity (Wildman–Crippen MR) is 541 cm³/mol. The van der Waals surface area contributed by atoms with Gasteiger partial charge in [0.1, 0.15) is 0 Å². The number of fused-ring (bicyclic) bond motifs is 6. The molecule has 4 heterocycles. The lowest BCUT2D eigenvalue weighted by Gasteiger charge is -2.22. The van der Waals surface area contributed by atoms with E-state index in [9.17, 15) is 26.3 Å². The molecule has 0 aliphatic rings. The fourth-order valence-electron chi connectivity index (χ4n) is 20.0. The fraction of sp³-hybridized carbons (Fsp3) is 0.107. The first kappa shape index (κ1) is 87.0. The van der Waals surface area contributed by atoms with Crippen molar-refractivity contribution in [2.45, 2.75) is 88.5 Å². The van der Waals surface area contributed by atoms with Gasteiger partial charge in [0.05, 0.1) is 44.6 Å². The molecule has 21 aromatic rings. The number of nitrogens with zero attached hydrogens (tertiary/aromatic N) is 8. The van der Waals surface area contributed by atoms with Crippen LogP contribution in [0.4, 0.5) is 26.3 Å². The number of aromatic nitrogens is 8. The van der Waals surface area contributed by atoms with Crippen LogP contribution in [0, 0.1) is 76.2 Å². The maximum absolute atomic E-state index is 14.9. The first-order valence-corrected chi connectivity index (χ1v) is 45.2. The van der Waals surface area contributed by atoms with Crippen LogP contribution in [0.25, 0.3) is 201 Å². The van der Waals surface area contributed by atoms with Gasteiger partial charge in [0.2, 0.25) is 0 Å². The topological polar surface area (TPSA) is 87.2 Å². The number of alkyl halides is 6. The minimum atomic E-state index is -4.59. The molecule has 135 heavy (non-hydrogen) atoms. The lowest BCUT2D eigenvalue weighted by molar-refractivity contribution is -0.138. The Balaban J connectivity index is 0.000000169. The zero-order valence-electron chi connectivity index (χ0n) is 76.4. The standard InChI is InChI=1S/C65H51F3N4.C56H41F3N4/c1-38-16-14-21-47(32-38)53-36-51(64-70-62(45-17-10-8-11-18-45)69-63(71-64)46-19-12-9-13-20-46)37-54(48-22-15-23-52(33-48)65(66,67)68)61(53)72-57-26-24-49(59-41(4)28-39(2)29-42(59)5)34-55(57)56-35-50(25-27-58(56)72)60-43(6)30-40(3)31-44(60)7;1-34-15-13-20-40(29-34)46-32-43(55-61-53(38-16-7-5-8-17-38)60-54(62-55)39-18-9-6-10-19-39)33-47(41-21-14-22-44(30-41)56(57,58)59)52(46)63-49-24-12-11-23-45(49)48-31-42(25-26-50(48)63)51-36(3)27-35(2)28-37(51)4/h8-37H,1-7H3;5-33H,1-4H3. The molecule has 0 amide bonds. The Morgan fingerprint density at radius 1 is 0.185 bits per heavy atom. The number of halogens is 6. The summed E-state index contributed by atoms with van der Waals surface area (Å²) in [6, 6.07) is 116. The summed E-state index contributed by atoms with van der Waals surface area (Å²) >= 11 is 0. The molecule has 0 aliphatic carbocycles. The van der Waals surface area contributed by atoms with Crippen molar-refractivity contribution in [2.75, 3.05) is 0 Å². The highest BCUT2D eigenvalue weighted by Crippen LogP contribution is 2.51. The highest BCUT2D eigenvalue weighted by molar-refractivity contribution is 6.15. The van der Waals surface area contributed by atoms with Crippen molar-refractivity contribution in [3.8, 4) is 158 Å². The van der Waals surface area contributed by atoms with Crippen LogP contribution >= 0.6 is 0 Å². The average molecular weight is 1770 g/mol. The highest BCUT2D eigenvalue weighted by atomic mass is 19.4. The fourth-order valence-corrected chi connectivity index (χ4v) is 20.0. The van der Waals surface area contributed by atoms with E-state index in [0.717, 1.165) is 139 Å². The number of rotatable bonds is 15. The van der Waals surface area contributed by atoms with Gasteiger partial charge in [0, 0.05) is 77.2 Å². The third kappa shape index (κ3) is 16.9. The molecule has 8 nitrogen and oxygen atoms in total. The second kappa shape index (κ2) is 35.2. The molecule has 21 rings (SSSR count). The summed E-state index contributed by atoms with van der Waals surface area (Å²) in [5, 5.41) is 4.12. The van der Waals surface area contributed by atoms with Gasteiger partial charge in [-0.3, -0.25) is 0 Å². The van der Waals surface area contributed by atoms with Gasteiger partial charge in [-0.25, -0.2) is 29.9 Å². The van der Waals surface area contributed by atoms with Crippen LogP contribution in [0.2, 0.25) is 0 Å². The number of aryl methyl sites for hydroxylation is 11. The van der Waals surface area contributed by atoms with Gasteiger partial charge >= 0.3 is 12.4 Å². The first-order valence-electron chi connectivity index (χ1n) is 45.2. The molecule has 0 atom stereocenters. The molecule has 658 valence electrons. The Hall–Kier alpha value is -16.1. The molecule has 0 saturated carbocycles. The van der Waals surface area contributed by atoms with Gasteiger partial charge in [-0.15, -0.1) is 0 Å². The minimum Gasteiger partial charge on any atom is -0.308 e. The maximum atomic E-state index is 14.9. The molecule has 0 aliphatic heterocycles. The quantitative estimate of drug-likeness (QED) is 0.0951. The van der Waals surface area contributed by atoms with Crippen molar-refractivity contribution in [3.63, 3.8) is 0 Å². The van der Waals surface area contributed by atoms with Crippen molar-refractivity contribution >= 4 is 43.6 Å². The molecule has 0 spiro atoms. The Labute approximate surface area is 780 Å². The monoisotopic (exact) mass is 1770 g/mol. The SMILES string of the molecule is Cc1cccc(-c2cc(-c3nc(-c4ccccc4)nc(-c4ccccc4)n3)cc(-c3cccc(C(F)(F)F)c3)c2-n2c3ccc(-c4c(C)cc(C)cc4C)cc3c3cc(-c4c(C)cc(C)cc4C)ccc32)c1.Cc1cccc(-c2cc(-c3nc(-c4ccccc4)nc(-c4ccccc4)n3)cc(-c3cccc(C(F)(F)F)c3)c2-n2c3ccccc3c3cc(-c4c(C)cc(C)cc4C)ccc32)c1. The van der Waals surface area contributed by atoms with E-state index in [-0.39, 0.29) is 0 Å². The molecule has 0 radical (unpaired) electrons. The van der Waals surface area contributed by atoms with Gasteiger partial charge in [0.15, 0.2) is 34.9 Å². The molecule has 0 N–H and O–H groups in total. The second-order valence-corrected chi connectivity index (χ2v) is 35.5. The van der Waals surface area contributed by atoms with Crippen molar-refractivity contribution in [1.82, 2.24) is 39.0 Å². The van der Waals surface area contributed by atoms with Crippen LogP contribution in [0.1, 0.15) is 72.3 Å². The number of benzene rings is 17. The Morgan fingerprint density at radius 2 is 0.430 bits per heavy atom. The molecule has 17 aromatic carbocycles. The van der Waals surface area contributed by atoms with Crippen LogP contribution < -0.4 is 0 Å². The van der Waals surface area contributed by atoms with E-state index in [1.807, 2.05) is 171 Å². The van der Waals surface area contributed by atoms with E-state index in [1.165, 1.54) is 91.0 Å². The smallest absolute Gasteiger partial charge is 0.308 e. The van der Waals surface area contributed by atoms with E-state index in [1.54, 1.807) is 12.1 Å². The zero-order valence-corrected chi connectivity index (χ0v) is 76.4. The molecular weight excluding hydrogens is 1680 g/mol. The second-order valence-electron chi connectivity index (χ2n) is 35.5. The normalized spacial score (nSPS) is 11.7. The Kier molecular flexibility index (Phi) is 22.7. The van der Waals surface area contributed by atoms with Gasteiger partial charge in [0.25, 0.3) is 0 Å². The largest absolute Gasteiger partial charge is 0.416 e. The number of para-hydroxylation sites is 1. The summed E-state index contributed by atoms with van der Waals surface area (Å²) in [4.78, 5) is 30.4. The molecule has 4 aromatic heterocycles. The highest BCUT2D eigenvalue weighted by Gasteiger charge is 2.35. The first-order chi connectivity index (χ1) is 65.2. The van der Waals surface area contributed by atoms with Crippen molar-refractivity contribution in [1.29, 1.82) is 0 Å². The van der Waals surface area contributed by atoms with Gasteiger partial charge < -0.3 is 9.13 Å². The lowest BCUT2D eigenvalue weighted by atomic mass is 9.91. The van der Waals surface area contributed by atoms with Gasteiger partial charge in [-0.2, -0.15) is 26.3 Å².